The highest BCUT2D eigenvalue weighted by molar-refractivity contribution is 6.30. The lowest BCUT2D eigenvalue weighted by Gasteiger charge is -2.16. The number of nitrogens with one attached hydrogen (secondary N) is 1. The van der Waals surface area contributed by atoms with E-state index in [1.807, 2.05) is 18.2 Å². The molecular weight excluding hydrogens is 270 g/mol. The van der Waals surface area contributed by atoms with E-state index in [4.69, 9.17) is 16.0 Å². The van der Waals surface area contributed by atoms with Crippen LogP contribution in [-0.4, -0.2) is 6.04 Å². The van der Waals surface area contributed by atoms with E-state index in [9.17, 15) is 0 Å². The van der Waals surface area contributed by atoms with Crippen LogP contribution < -0.4 is 5.32 Å². The molecule has 20 heavy (non-hydrogen) atoms. The molecule has 1 N–H and O–H groups in total. The minimum absolute atomic E-state index is 0.528. The first-order chi connectivity index (χ1) is 9.74. The maximum atomic E-state index is 6.23. The molecule has 1 aromatic carbocycles. The van der Waals surface area contributed by atoms with E-state index in [0.717, 1.165) is 29.0 Å². The summed E-state index contributed by atoms with van der Waals surface area (Å²) in [6.45, 7) is 3.16. The molecule has 0 saturated heterocycles. The molecule has 0 aliphatic heterocycles. The lowest BCUT2D eigenvalue weighted by atomic mass is 10.0. The Labute approximate surface area is 125 Å². The third kappa shape index (κ3) is 3.02. The van der Waals surface area contributed by atoms with Gasteiger partial charge in [0.05, 0.1) is 0 Å². The van der Waals surface area contributed by atoms with Crippen LogP contribution in [0.3, 0.4) is 0 Å². The fourth-order valence-electron chi connectivity index (χ4n) is 3.17. The molecule has 1 aliphatic carbocycles. The molecule has 1 aromatic heterocycles. The molecule has 2 unspecified atom stereocenters. The normalized spacial score (nSPS) is 23.9. The van der Waals surface area contributed by atoms with Gasteiger partial charge in [-0.05, 0) is 42.8 Å². The molecule has 0 radical (unpaired) electrons. The van der Waals surface area contributed by atoms with E-state index in [-0.39, 0.29) is 0 Å². The van der Waals surface area contributed by atoms with Crippen LogP contribution in [-0.2, 0) is 6.54 Å². The molecular formula is C17H22ClNO. The summed E-state index contributed by atoms with van der Waals surface area (Å²) in [7, 11) is 0. The Hall–Kier alpha value is -0.990. The maximum Gasteiger partial charge on any atom is 0.199 e. The third-order valence-electron chi connectivity index (χ3n) is 4.47. The lowest BCUT2D eigenvalue weighted by molar-refractivity contribution is 0.446. The van der Waals surface area contributed by atoms with E-state index in [2.05, 4.69) is 18.3 Å². The second-order valence-electron chi connectivity index (χ2n) is 6.04. The zero-order valence-electron chi connectivity index (χ0n) is 12.0. The molecule has 0 amide bonds. The van der Waals surface area contributed by atoms with Gasteiger partial charge in [0.1, 0.15) is 5.58 Å². The monoisotopic (exact) mass is 291 g/mol. The second kappa shape index (κ2) is 6.19. The molecule has 2 nitrogen and oxygen atoms in total. The Morgan fingerprint density at radius 2 is 2.05 bits per heavy atom. The number of fused-ring (bicyclic) bond motifs is 1. The summed E-state index contributed by atoms with van der Waals surface area (Å²) in [6, 6.07) is 8.68. The molecule has 1 heterocycles. The first kappa shape index (κ1) is 14.0. The number of benzene rings is 1. The quantitative estimate of drug-likeness (QED) is 0.792. The summed E-state index contributed by atoms with van der Waals surface area (Å²) in [6.07, 6.45) is 6.58. The Balaban J connectivity index is 1.69. The van der Waals surface area contributed by atoms with Crippen LogP contribution in [0.1, 0.15) is 44.6 Å². The van der Waals surface area contributed by atoms with Gasteiger partial charge in [0.2, 0.25) is 0 Å². The molecule has 1 saturated carbocycles. The van der Waals surface area contributed by atoms with E-state index < -0.39 is 0 Å². The Morgan fingerprint density at radius 3 is 2.95 bits per heavy atom. The first-order valence-corrected chi connectivity index (χ1v) is 8.01. The van der Waals surface area contributed by atoms with E-state index in [1.165, 1.54) is 32.1 Å². The number of halogens is 1. The summed E-state index contributed by atoms with van der Waals surface area (Å²) in [4.78, 5) is 0. The number of hydrogen-bond donors (Lipinski definition) is 1. The van der Waals surface area contributed by atoms with Gasteiger partial charge in [-0.1, -0.05) is 38.0 Å². The van der Waals surface area contributed by atoms with E-state index >= 15 is 0 Å². The van der Waals surface area contributed by atoms with Crippen molar-refractivity contribution in [3.8, 4) is 0 Å². The molecule has 1 fully saturated rings. The molecule has 3 heteroatoms. The van der Waals surface area contributed by atoms with Gasteiger partial charge in [0, 0.05) is 23.5 Å². The molecule has 1 aliphatic rings. The second-order valence-corrected chi connectivity index (χ2v) is 6.39. The third-order valence-corrected chi connectivity index (χ3v) is 4.78. The Kier molecular flexibility index (Phi) is 4.32. The Morgan fingerprint density at radius 1 is 1.20 bits per heavy atom. The molecule has 0 bridgehead atoms. The number of furan rings is 1. The smallest absolute Gasteiger partial charge is 0.199 e. The summed E-state index contributed by atoms with van der Waals surface area (Å²) >= 11 is 6.23. The van der Waals surface area contributed by atoms with Gasteiger partial charge in [-0.2, -0.15) is 0 Å². The van der Waals surface area contributed by atoms with Crippen molar-refractivity contribution in [3.63, 3.8) is 0 Å². The van der Waals surface area contributed by atoms with Gasteiger partial charge < -0.3 is 9.73 Å². The number of para-hydroxylation sites is 1. The summed E-state index contributed by atoms with van der Waals surface area (Å²) < 4.78 is 5.61. The number of rotatable bonds is 3. The fraction of sp³-hybridized carbons (Fsp3) is 0.529. The van der Waals surface area contributed by atoms with Gasteiger partial charge in [0.15, 0.2) is 5.22 Å². The zero-order valence-corrected chi connectivity index (χ0v) is 12.7. The van der Waals surface area contributed by atoms with Crippen LogP contribution in [0.5, 0.6) is 0 Å². The van der Waals surface area contributed by atoms with Gasteiger partial charge in [-0.15, -0.1) is 0 Å². The van der Waals surface area contributed by atoms with Crippen molar-refractivity contribution in [1.82, 2.24) is 5.32 Å². The van der Waals surface area contributed by atoms with Crippen LogP contribution in [0.25, 0.3) is 11.0 Å². The van der Waals surface area contributed by atoms with Gasteiger partial charge in [-0.3, -0.25) is 0 Å². The maximum absolute atomic E-state index is 6.23. The SMILES string of the molecule is CC1CCCC(NCc2c(Cl)oc3ccccc23)CC1. The zero-order chi connectivity index (χ0) is 13.9. The van der Waals surface area contributed by atoms with Crippen molar-refractivity contribution < 1.29 is 4.42 Å². The average molecular weight is 292 g/mol. The molecule has 3 rings (SSSR count). The Bertz CT molecular complexity index is 577. The minimum atomic E-state index is 0.528. The largest absolute Gasteiger partial charge is 0.444 e. The molecule has 2 aromatic rings. The summed E-state index contributed by atoms with van der Waals surface area (Å²) in [5.41, 5.74) is 1.98. The highest BCUT2D eigenvalue weighted by atomic mass is 35.5. The van der Waals surface area contributed by atoms with Gasteiger partial charge >= 0.3 is 0 Å². The van der Waals surface area contributed by atoms with Gasteiger partial charge in [-0.25, -0.2) is 0 Å². The fourth-order valence-corrected chi connectivity index (χ4v) is 3.42. The van der Waals surface area contributed by atoms with Crippen molar-refractivity contribution in [2.45, 2.75) is 51.6 Å². The van der Waals surface area contributed by atoms with Crippen molar-refractivity contribution in [3.05, 3.63) is 35.0 Å². The average Bonchev–Trinajstić information content (AvgIpc) is 2.61. The molecule has 0 spiro atoms. The van der Waals surface area contributed by atoms with E-state index in [0.29, 0.717) is 11.3 Å². The van der Waals surface area contributed by atoms with Crippen LogP contribution in [0.15, 0.2) is 28.7 Å². The van der Waals surface area contributed by atoms with Crippen LogP contribution in [0, 0.1) is 5.92 Å². The van der Waals surface area contributed by atoms with Crippen molar-refractivity contribution >= 4 is 22.6 Å². The highest BCUT2D eigenvalue weighted by Crippen LogP contribution is 2.30. The van der Waals surface area contributed by atoms with E-state index in [1.54, 1.807) is 0 Å². The van der Waals surface area contributed by atoms with Crippen molar-refractivity contribution in [2.24, 2.45) is 5.92 Å². The molecule has 2 atom stereocenters. The highest BCUT2D eigenvalue weighted by Gasteiger charge is 2.17. The predicted molar refractivity (Wildman–Crippen MR) is 84.1 cm³/mol. The standard InChI is InChI=1S/C17H22ClNO/c1-12-5-4-6-13(10-9-12)19-11-15-14-7-2-3-8-16(14)20-17(15)18/h2-3,7-8,12-13,19H,4-6,9-11H2,1H3. The first-order valence-electron chi connectivity index (χ1n) is 7.63. The minimum Gasteiger partial charge on any atom is -0.444 e. The molecule has 108 valence electrons. The van der Waals surface area contributed by atoms with Gasteiger partial charge in [0.25, 0.3) is 0 Å². The van der Waals surface area contributed by atoms with Crippen LogP contribution in [0.4, 0.5) is 0 Å². The predicted octanol–water partition coefficient (Wildman–Crippen LogP) is 5.14. The number of hydrogen-bond acceptors (Lipinski definition) is 2. The van der Waals surface area contributed by atoms with Crippen LogP contribution >= 0.6 is 11.6 Å². The topological polar surface area (TPSA) is 25.2 Å². The van der Waals surface area contributed by atoms with Crippen molar-refractivity contribution in [1.29, 1.82) is 0 Å². The van der Waals surface area contributed by atoms with Crippen molar-refractivity contribution in [2.75, 3.05) is 0 Å². The summed E-state index contributed by atoms with van der Waals surface area (Å²) in [5.74, 6) is 0.875. The lowest BCUT2D eigenvalue weighted by Crippen LogP contribution is -2.27. The van der Waals surface area contributed by atoms with Crippen LogP contribution in [0.2, 0.25) is 5.22 Å². The summed E-state index contributed by atoms with van der Waals surface area (Å²) in [5, 5.41) is 5.33.